The summed E-state index contributed by atoms with van der Waals surface area (Å²) in [6, 6.07) is 3.80. The Bertz CT molecular complexity index is 287. The number of halogens is 1. The van der Waals surface area contributed by atoms with E-state index >= 15 is 0 Å². The lowest BCUT2D eigenvalue weighted by Gasteiger charge is -2.10. The highest BCUT2D eigenvalue weighted by molar-refractivity contribution is 5.85. The molecule has 1 aromatic rings. The maximum Gasteiger partial charge on any atom is 0.212 e. The van der Waals surface area contributed by atoms with Crippen LogP contribution in [0.1, 0.15) is 24.4 Å². The second-order valence-electron chi connectivity index (χ2n) is 3.11. The summed E-state index contributed by atoms with van der Waals surface area (Å²) in [7, 11) is 1.60. The Labute approximate surface area is 96.8 Å². The number of hydrogen-bond donors (Lipinski definition) is 1. The van der Waals surface area contributed by atoms with Gasteiger partial charge in [0.15, 0.2) is 0 Å². The van der Waals surface area contributed by atoms with Crippen LogP contribution >= 0.6 is 12.4 Å². The van der Waals surface area contributed by atoms with E-state index in [4.69, 9.17) is 10.5 Å². The third-order valence-electron chi connectivity index (χ3n) is 2.08. The van der Waals surface area contributed by atoms with Crippen molar-refractivity contribution in [1.29, 1.82) is 0 Å². The van der Waals surface area contributed by atoms with E-state index < -0.39 is 0 Å². The molecule has 0 radical (unpaired) electrons. The Hall–Kier alpha value is -1.06. The van der Waals surface area contributed by atoms with Crippen molar-refractivity contribution >= 4 is 12.4 Å². The third-order valence-corrected chi connectivity index (χ3v) is 2.08. The quantitative estimate of drug-likeness (QED) is 0.788. The van der Waals surface area contributed by atoms with Crippen molar-refractivity contribution in [2.24, 2.45) is 5.73 Å². The van der Waals surface area contributed by atoms with Gasteiger partial charge in [-0.1, -0.05) is 12.1 Å². The predicted octanol–water partition coefficient (Wildman–Crippen LogP) is 2.48. The zero-order valence-electron chi connectivity index (χ0n) is 8.85. The number of allylic oxidation sites excluding steroid dienone is 1. The van der Waals surface area contributed by atoms with Gasteiger partial charge in [-0.3, -0.25) is 0 Å². The van der Waals surface area contributed by atoms with Gasteiger partial charge >= 0.3 is 0 Å². The molecule has 84 valence electrons. The summed E-state index contributed by atoms with van der Waals surface area (Å²) >= 11 is 0. The first-order valence-corrected chi connectivity index (χ1v) is 4.64. The van der Waals surface area contributed by atoms with Gasteiger partial charge in [-0.2, -0.15) is 0 Å². The smallest absolute Gasteiger partial charge is 0.212 e. The molecule has 0 aliphatic heterocycles. The van der Waals surface area contributed by atoms with E-state index in [0.29, 0.717) is 5.88 Å². The van der Waals surface area contributed by atoms with Gasteiger partial charge in [-0.25, -0.2) is 4.98 Å². The predicted molar refractivity (Wildman–Crippen MR) is 64.4 cm³/mol. The standard InChI is InChI=1S/C11H16N2O.ClH/c1-3-4-5-10(12)9-6-7-11(14-2)13-8-9;/h3,6-8,10H,1,4-5,12H2,2H3;1H/t10-;/m1./s1. The van der Waals surface area contributed by atoms with Gasteiger partial charge in [0.1, 0.15) is 0 Å². The molecule has 1 heterocycles. The Morgan fingerprint density at radius 3 is 2.80 bits per heavy atom. The minimum absolute atomic E-state index is 0. The number of ether oxygens (including phenoxy) is 1. The molecular formula is C11H17ClN2O. The van der Waals surface area contributed by atoms with Crippen LogP contribution in [0.2, 0.25) is 0 Å². The molecule has 0 aliphatic rings. The molecule has 0 spiro atoms. The molecule has 3 nitrogen and oxygen atoms in total. The Morgan fingerprint density at radius 2 is 2.33 bits per heavy atom. The van der Waals surface area contributed by atoms with Gasteiger partial charge in [0.2, 0.25) is 5.88 Å². The lowest BCUT2D eigenvalue weighted by atomic mass is 10.1. The minimum atomic E-state index is 0. The number of methoxy groups -OCH3 is 1. The number of rotatable bonds is 5. The van der Waals surface area contributed by atoms with Gasteiger partial charge in [0.05, 0.1) is 7.11 Å². The first kappa shape index (κ1) is 13.9. The molecule has 0 saturated heterocycles. The van der Waals surface area contributed by atoms with E-state index in [1.807, 2.05) is 18.2 Å². The van der Waals surface area contributed by atoms with Crippen LogP contribution in [0.5, 0.6) is 5.88 Å². The molecular weight excluding hydrogens is 212 g/mol. The van der Waals surface area contributed by atoms with Crippen molar-refractivity contribution < 1.29 is 4.74 Å². The lowest BCUT2D eigenvalue weighted by molar-refractivity contribution is 0.397. The summed E-state index contributed by atoms with van der Waals surface area (Å²) < 4.78 is 4.96. The molecule has 1 aromatic heterocycles. The first-order chi connectivity index (χ1) is 6.77. The van der Waals surface area contributed by atoms with Crippen LogP contribution in [-0.2, 0) is 0 Å². The van der Waals surface area contributed by atoms with Crippen molar-refractivity contribution in [3.63, 3.8) is 0 Å². The van der Waals surface area contributed by atoms with Crippen LogP contribution < -0.4 is 10.5 Å². The average Bonchev–Trinajstić information content (AvgIpc) is 2.26. The second kappa shape index (κ2) is 7.26. The summed E-state index contributed by atoms with van der Waals surface area (Å²) in [5, 5.41) is 0. The highest BCUT2D eigenvalue weighted by Crippen LogP contribution is 2.16. The minimum Gasteiger partial charge on any atom is -0.481 e. The van der Waals surface area contributed by atoms with Crippen LogP contribution in [0.3, 0.4) is 0 Å². The van der Waals surface area contributed by atoms with Crippen LogP contribution in [0.15, 0.2) is 31.0 Å². The Morgan fingerprint density at radius 1 is 1.60 bits per heavy atom. The molecule has 0 bridgehead atoms. The van der Waals surface area contributed by atoms with Gasteiger partial charge in [0, 0.05) is 18.3 Å². The van der Waals surface area contributed by atoms with Crippen molar-refractivity contribution in [2.75, 3.05) is 7.11 Å². The molecule has 2 N–H and O–H groups in total. The lowest BCUT2D eigenvalue weighted by Crippen LogP contribution is -2.10. The van der Waals surface area contributed by atoms with E-state index in [0.717, 1.165) is 18.4 Å². The number of nitrogens with two attached hydrogens (primary N) is 1. The summed E-state index contributed by atoms with van der Waals surface area (Å²) in [6.45, 7) is 3.66. The Kier molecular flexibility index (Phi) is 6.75. The molecule has 4 heteroatoms. The van der Waals surface area contributed by atoms with Crippen molar-refractivity contribution in [2.45, 2.75) is 18.9 Å². The topological polar surface area (TPSA) is 48.1 Å². The van der Waals surface area contributed by atoms with E-state index in [9.17, 15) is 0 Å². The molecule has 0 unspecified atom stereocenters. The van der Waals surface area contributed by atoms with Crippen LogP contribution in [0.25, 0.3) is 0 Å². The largest absolute Gasteiger partial charge is 0.481 e. The summed E-state index contributed by atoms with van der Waals surface area (Å²) in [4.78, 5) is 4.10. The first-order valence-electron chi connectivity index (χ1n) is 4.64. The number of pyridine rings is 1. The normalized spacial score (nSPS) is 11.3. The third kappa shape index (κ3) is 4.32. The van der Waals surface area contributed by atoms with E-state index in [-0.39, 0.29) is 18.4 Å². The number of aromatic nitrogens is 1. The maximum atomic E-state index is 5.94. The van der Waals surface area contributed by atoms with E-state index in [2.05, 4.69) is 11.6 Å². The number of hydrogen-bond acceptors (Lipinski definition) is 3. The maximum absolute atomic E-state index is 5.94. The van der Waals surface area contributed by atoms with Crippen molar-refractivity contribution in [3.8, 4) is 5.88 Å². The fraction of sp³-hybridized carbons (Fsp3) is 0.364. The zero-order valence-corrected chi connectivity index (χ0v) is 9.67. The van der Waals surface area contributed by atoms with E-state index in [1.54, 1.807) is 13.3 Å². The summed E-state index contributed by atoms with van der Waals surface area (Å²) in [5.41, 5.74) is 6.98. The molecule has 0 fully saturated rings. The molecule has 15 heavy (non-hydrogen) atoms. The van der Waals surface area contributed by atoms with Gasteiger partial charge in [-0.15, -0.1) is 19.0 Å². The van der Waals surface area contributed by atoms with Crippen LogP contribution in [0, 0.1) is 0 Å². The molecule has 1 rings (SSSR count). The molecule has 0 aromatic carbocycles. The Balaban J connectivity index is 0.00000196. The summed E-state index contributed by atoms with van der Waals surface area (Å²) in [6.07, 6.45) is 5.45. The fourth-order valence-corrected chi connectivity index (χ4v) is 1.20. The average molecular weight is 229 g/mol. The van der Waals surface area contributed by atoms with Gasteiger partial charge in [-0.05, 0) is 18.4 Å². The van der Waals surface area contributed by atoms with Gasteiger partial charge in [0.25, 0.3) is 0 Å². The highest BCUT2D eigenvalue weighted by atomic mass is 35.5. The second-order valence-corrected chi connectivity index (χ2v) is 3.11. The van der Waals surface area contributed by atoms with Crippen molar-refractivity contribution in [1.82, 2.24) is 4.98 Å². The monoisotopic (exact) mass is 228 g/mol. The fourth-order valence-electron chi connectivity index (χ4n) is 1.20. The molecule has 0 amide bonds. The van der Waals surface area contributed by atoms with Crippen LogP contribution in [0.4, 0.5) is 0 Å². The molecule has 0 saturated carbocycles. The number of nitrogens with zero attached hydrogens (tertiary/aromatic N) is 1. The molecule has 1 atom stereocenters. The molecule has 0 aliphatic carbocycles. The summed E-state index contributed by atoms with van der Waals surface area (Å²) in [5.74, 6) is 0.615. The van der Waals surface area contributed by atoms with Crippen molar-refractivity contribution in [3.05, 3.63) is 36.5 Å². The SMILES string of the molecule is C=CCC[C@@H](N)c1ccc(OC)nc1.Cl. The zero-order chi connectivity index (χ0) is 10.4. The van der Waals surface area contributed by atoms with Crippen LogP contribution in [-0.4, -0.2) is 12.1 Å². The highest BCUT2D eigenvalue weighted by Gasteiger charge is 2.05. The van der Waals surface area contributed by atoms with Gasteiger partial charge < -0.3 is 10.5 Å². The van der Waals surface area contributed by atoms with E-state index in [1.165, 1.54) is 0 Å².